The number of nitrogens with one attached hydrogen (secondary N) is 2. The molecule has 4 N–H and O–H groups in total. The minimum atomic E-state index is -0.488. The van der Waals surface area contributed by atoms with Gasteiger partial charge in [-0.15, -0.1) is 0 Å². The topological polar surface area (TPSA) is 96.7 Å². The number of primary amides is 1. The first kappa shape index (κ1) is 22.7. The number of pyridine rings is 1. The van der Waals surface area contributed by atoms with Crippen LogP contribution in [0, 0.1) is 0 Å². The fourth-order valence-electron chi connectivity index (χ4n) is 4.83. The van der Waals surface area contributed by atoms with Crippen molar-refractivity contribution in [1.29, 1.82) is 0 Å². The summed E-state index contributed by atoms with van der Waals surface area (Å²) in [5.41, 5.74) is 13.5. The molecule has 6 heteroatoms. The monoisotopic (exact) mass is 485 g/mol. The number of imidazole rings is 1. The lowest BCUT2D eigenvalue weighted by Crippen LogP contribution is -2.11. The predicted molar refractivity (Wildman–Crippen MR) is 151 cm³/mol. The van der Waals surface area contributed by atoms with E-state index in [1.807, 2.05) is 42.5 Å². The lowest BCUT2D eigenvalue weighted by molar-refractivity contribution is 0.100. The molecule has 0 fully saturated rings. The smallest absolute Gasteiger partial charge is 0.250 e. The molecule has 2 heterocycles. The molecule has 0 spiro atoms. The molecule has 0 aliphatic heterocycles. The summed E-state index contributed by atoms with van der Waals surface area (Å²) in [6.45, 7) is 2.22. The van der Waals surface area contributed by atoms with Gasteiger partial charge in [-0.25, -0.2) is 9.97 Å². The normalized spacial score (nSPS) is 11.4. The van der Waals surface area contributed by atoms with Gasteiger partial charge in [0.05, 0.1) is 27.8 Å². The van der Waals surface area contributed by atoms with Crippen LogP contribution in [0.4, 0.5) is 11.4 Å². The molecule has 0 radical (unpaired) electrons. The van der Waals surface area contributed by atoms with E-state index in [1.54, 1.807) is 12.1 Å². The number of aromatic amines is 1. The molecule has 6 nitrogen and oxygen atoms in total. The van der Waals surface area contributed by atoms with Gasteiger partial charge < -0.3 is 16.0 Å². The van der Waals surface area contributed by atoms with Crippen LogP contribution in [-0.2, 0) is 6.42 Å². The fourth-order valence-corrected chi connectivity index (χ4v) is 4.83. The van der Waals surface area contributed by atoms with Crippen molar-refractivity contribution in [2.75, 3.05) is 5.32 Å². The van der Waals surface area contributed by atoms with E-state index in [4.69, 9.17) is 10.7 Å². The number of carbonyl (C=O) groups is 1. The van der Waals surface area contributed by atoms with Crippen LogP contribution in [0.1, 0.15) is 35.7 Å². The largest absolute Gasteiger partial charge is 0.366 e. The summed E-state index contributed by atoms with van der Waals surface area (Å²) in [5, 5.41) is 5.88. The lowest BCUT2D eigenvalue weighted by atomic mass is 10.0. The Morgan fingerprint density at radius 2 is 1.70 bits per heavy atom. The molecule has 182 valence electrons. The first-order chi connectivity index (χ1) is 18.1. The second kappa shape index (κ2) is 9.39. The van der Waals surface area contributed by atoms with Gasteiger partial charge in [0.25, 0.3) is 5.91 Å². The Morgan fingerprint density at radius 3 is 2.51 bits per heavy atom. The van der Waals surface area contributed by atoms with E-state index in [-0.39, 0.29) is 0 Å². The Morgan fingerprint density at radius 1 is 0.892 bits per heavy atom. The number of nitrogens with zero attached hydrogens (tertiary/aromatic N) is 2. The van der Waals surface area contributed by atoms with E-state index in [0.29, 0.717) is 16.9 Å². The van der Waals surface area contributed by atoms with Gasteiger partial charge in [-0.05, 0) is 73.0 Å². The number of para-hydroxylation sites is 2. The van der Waals surface area contributed by atoms with E-state index >= 15 is 0 Å². The van der Waals surface area contributed by atoms with Crippen molar-refractivity contribution < 1.29 is 4.79 Å². The number of carbonyl (C=O) groups excluding carboxylic acids is 1. The Balaban J connectivity index is 1.38. The van der Waals surface area contributed by atoms with Crippen molar-refractivity contribution in [3.8, 4) is 11.4 Å². The number of hydrogen-bond acceptors (Lipinski definition) is 4. The first-order valence-corrected chi connectivity index (χ1v) is 12.6. The maximum atomic E-state index is 11.8. The number of hydrogen-bond donors (Lipinski definition) is 3. The molecule has 0 saturated carbocycles. The molecule has 37 heavy (non-hydrogen) atoms. The maximum Gasteiger partial charge on any atom is 0.250 e. The number of aryl methyl sites for hydroxylation is 1. The number of fused-ring (bicyclic) bond motifs is 3. The van der Waals surface area contributed by atoms with Gasteiger partial charge in [-0.2, -0.15) is 0 Å². The minimum Gasteiger partial charge on any atom is -0.366 e. The van der Waals surface area contributed by atoms with Crippen LogP contribution >= 0.6 is 0 Å². The summed E-state index contributed by atoms with van der Waals surface area (Å²) in [4.78, 5) is 24.7. The van der Waals surface area contributed by atoms with Crippen molar-refractivity contribution >= 4 is 50.1 Å². The van der Waals surface area contributed by atoms with E-state index in [1.165, 1.54) is 18.4 Å². The molecule has 0 aliphatic carbocycles. The molecule has 0 bridgehead atoms. The van der Waals surface area contributed by atoms with E-state index in [0.717, 1.165) is 50.7 Å². The predicted octanol–water partition coefficient (Wildman–Crippen LogP) is 7.12. The summed E-state index contributed by atoms with van der Waals surface area (Å²) in [6, 6.07) is 28.3. The third kappa shape index (κ3) is 4.27. The second-order valence-electron chi connectivity index (χ2n) is 9.31. The molecule has 0 saturated heterocycles. The summed E-state index contributed by atoms with van der Waals surface area (Å²) in [6.07, 6.45) is 3.39. The highest BCUT2D eigenvalue weighted by Gasteiger charge is 2.13. The Kier molecular flexibility index (Phi) is 5.77. The quantitative estimate of drug-likeness (QED) is 0.210. The molecule has 6 rings (SSSR count). The number of rotatable bonds is 7. The Hall–Kier alpha value is -4.71. The third-order valence-electron chi connectivity index (χ3n) is 6.77. The van der Waals surface area contributed by atoms with Gasteiger partial charge in [0.1, 0.15) is 11.3 Å². The average Bonchev–Trinajstić information content (AvgIpc) is 3.36. The summed E-state index contributed by atoms with van der Waals surface area (Å²) in [7, 11) is 0. The van der Waals surface area contributed by atoms with Crippen LogP contribution in [0.25, 0.3) is 44.2 Å². The highest BCUT2D eigenvalue weighted by molar-refractivity contribution is 6.09. The maximum absolute atomic E-state index is 11.8. The molecule has 2 aromatic heterocycles. The number of nitrogens with two attached hydrogens (primary N) is 1. The van der Waals surface area contributed by atoms with Gasteiger partial charge >= 0.3 is 0 Å². The molecule has 0 aliphatic rings. The van der Waals surface area contributed by atoms with Crippen molar-refractivity contribution in [1.82, 2.24) is 15.0 Å². The Labute approximate surface area is 214 Å². The molecular formula is C31H27N5O. The minimum absolute atomic E-state index is 0.410. The van der Waals surface area contributed by atoms with Gasteiger partial charge in [-0.3, -0.25) is 4.79 Å². The zero-order valence-electron chi connectivity index (χ0n) is 20.6. The Bertz CT molecular complexity index is 1770. The number of amides is 1. The third-order valence-corrected chi connectivity index (χ3v) is 6.77. The number of anilines is 2. The van der Waals surface area contributed by atoms with E-state index < -0.39 is 5.91 Å². The zero-order valence-corrected chi connectivity index (χ0v) is 20.6. The van der Waals surface area contributed by atoms with Gasteiger partial charge in [0.15, 0.2) is 0 Å². The molecular weight excluding hydrogens is 458 g/mol. The van der Waals surface area contributed by atoms with Crippen LogP contribution in [0.2, 0.25) is 0 Å². The average molecular weight is 486 g/mol. The summed E-state index contributed by atoms with van der Waals surface area (Å²) in [5.74, 6) is 0.202. The van der Waals surface area contributed by atoms with Gasteiger partial charge in [0, 0.05) is 22.0 Å². The van der Waals surface area contributed by atoms with Crippen molar-refractivity contribution in [2.24, 2.45) is 5.73 Å². The van der Waals surface area contributed by atoms with Crippen LogP contribution in [-0.4, -0.2) is 20.9 Å². The van der Waals surface area contributed by atoms with Crippen molar-refractivity contribution in [3.05, 3.63) is 96.1 Å². The van der Waals surface area contributed by atoms with Crippen LogP contribution in [0.15, 0.2) is 84.9 Å². The van der Waals surface area contributed by atoms with Gasteiger partial charge in [0.2, 0.25) is 0 Å². The SMILES string of the molecule is CCCCc1ccc2nc3ccccc3c(Nc3ccc(-c4nc5c(C(N)=O)cccc5[nH]4)cc3)c2c1. The number of aromatic nitrogens is 3. The number of H-pyrrole nitrogens is 1. The number of unbranched alkanes of at least 4 members (excludes halogenated alkanes) is 1. The molecule has 1 amide bonds. The van der Waals surface area contributed by atoms with Gasteiger partial charge in [-0.1, -0.05) is 43.7 Å². The summed E-state index contributed by atoms with van der Waals surface area (Å²) < 4.78 is 0. The van der Waals surface area contributed by atoms with Crippen LogP contribution in [0.3, 0.4) is 0 Å². The molecule has 0 unspecified atom stereocenters. The highest BCUT2D eigenvalue weighted by Crippen LogP contribution is 2.34. The van der Waals surface area contributed by atoms with Crippen molar-refractivity contribution in [3.63, 3.8) is 0 Å². The zero-order chi connectivity index (χ0) is 25.4. The van der Waals surface area contributed by atoms with Crippen molar-refractivity contribution in [2.45, 2.75) is 26.2 Å². The summed E-state index contributed by atoms with van der Waals surface area (Å²) >= 11 is 0. The second-order valence-corrected chi connectivity index (χ2v) is 9.31. The number of benzene rings is 4. The van der Waals surface area contributed by atoms with Crippen LogP contribution < -0.4 is 11.1 Å². The first-order valence-electron chi connectivity index (χ1n) is 12.6. The standard InChI is InChI=1S/C31H27N5O/c1-2-3-7-19-12-17-26-24(18-19)28(22-8-4-5-10-25(22)34-26)33-21-15-13-20(14-16-21)31-35-27-11-6-9-23(30(32)37)29(27)36-31/h4-6,8-18H,2-3,7H2,1H3,(H2,32,37)(H,33,34)(H,35,36). The molecule has 0 atom stereocenters. The molecule has 4 aromatic carbocycles. The highest BCUT2D eigenvalue weighted by atomic mass is 16.1. The van der Waals surface area contributed by atoms with E-state index in [2.05, 4.69) is 52.5 Å². The van der Waals surface area contributed by atoms with Crippen LogP contribution in [0.5, 0.6) is 0 Å². The lowest BCUT2D eigenvalue weighted by Gasteiger charge is -2.14. The van der Waals surface area contributed by atoms with E-state index in [9.17, 15) is 4.79 Å². The molecule has 6 aromatic rings. The fraction of sp³-hybridized carbons (Fsp3) is 0.129.